The Bertz CT molecular complexity index is 850. The molecule has 0 spiro atoms. The minimum atomic E-state index is -0.934. The van der Waals surface area contributed by atoms with Crippen molar-refractivity contribution in [3.8, 4) is 22.9 Å². The Kier molecular flexibility index (Phi) is 6.36. The van der Waals surface area contributed by atoms with E-state index >= 15 is 0 Å². The summed E-state index contributed by atoms with van der Waals surface area (Å²) in [5.41, 5.74) is 2.07. The number of nitrogens with zero attached hydrogens (tertiary/aromatic N) is 1. The molecule has 0 saturated carbocycles. The summed E-state index contributed by atoms with van der Waals surface area (Å²) in [5.74, 6) is -0.782. The highest BCUT2D eigenvalue weighted by atomic mass is 32.1. The van der Waals surface area contributed by atoms with Crippen molar-refractivity contribution in [2.24, 2.45) is 5.92 Å². The fourth-order valence-corrected chi connectivity index (χ4v) is 3.75. The molecule has 0 aliphatic carbocycles. The third kappa shape index (κ3) is 4.61. The standard InChI is InChI=1S/C19H20N2O4S/c1-11(9-17(23)24)8-16(22)21-19-15(10-20)18(12(2)26-19)13-4-6-14(25-3)7-5-13/h4-7,11H,8-9H2,1-3H3,(H,21,22)(H,23,24)/t11-/m0/s1. The van der Waals surface area contributed by atoms with Crippen LogP contribution in [0.3, 0.4) is 0 Å². The summed E-state index contributed by atoms with van der Waals surface area (Å²) in [6, 6.07) is 9.55. The third-order valence-electron chi connectivity index (χ3n) is 3.88. The maximum Gasteiger partial charge on any atom is 0.303 e. The van der Waals surface area contributed by atoms with E-state index in [1.807, 2.05) is 31.2 Å². The fraction of sp³-hybridized carbons (Fsp3) is 0.316. The number of amides is 1. The first-order valence-corrected chi connectivity index (χ1v) is 8.86. The van der Waals surface area contributed by atoms with Crippen LogP contribution in [0.2, 0.25) is 0 Å². The first kappa shape index (κ1) is 19.5. The zero-order valence-electron chi connectivity index (χ0n) is 14.8. The molecule has 136 valence electrons. The minimum absolute atomic E-state index is 0.0703. The molecule has 1 atom stereocenters. The molecule has 1 amide bonds. The van der Waals surface area contributed by atoms with Crippen LogP contribution in [0.25, 0.3) is 11.1 Å². The Hall–Kier alpha value is -2.85. The highest BCUT2D eigenvalue weighted by Gasteiger charge is 2.20. The van der Waals surface area contributed by atoms with Gasteiger partial charge in [0.05, 0.1) is 12.7 Å². The van der Waals surface area contributed by atoms with Crippen molar-refractivity contribution in [2.45, 2.75) is 26.7 Å². The summed E-state index contributed by atoms with van der Waals surface area (Å²) in [6.07, 6.45) is 0.0189. The van der Waals surface area contributed by atoms with Crippen molar-refractivity contribution in [1.29, 1.82) is 5.26 Å². The fourth-order valence-electron chi connectivity index (χ4n) is 2.71. The number of benzene rings is 1. The smallest absolute Gasteiger partial charge is 0.303 e. The summed E-state index contributed by atoms with van der Waals surface area (Å²) in [4.78, 5) is 23.8. The lowest BCUT2D eigenvalue weighted by Gasteiger charge is -2.08. The lowest BCUT2D eigenvalue weighted by Crippen LogP contribution is -2.16. The molecule has 7 heteroatoms. The van der Waals surface area contributed by atoms with Crippen molar-refractivity contribution in [1.82, 2.24) is 0 Å². The zero-order chi connectivity index (χ0) is 19.3. The Morgan fingerprint density at radius 1 is 1.31 bits per heavy atom. The molecular weight excluding hydrogens is 352 g/mol. The topological polar surface area (TPSA) is 99.4 Å². The van der Waals surface area contributed by atoms with E-state index < -0.39 is 5.97 Å². The van der Waals surface area contributed by atoms with Crippen LogP contribution in [-0.2, 0) is 9.59 Å². The Balaban J connectivity index is 2.24. The van der Waals surface area contributed by atoms with Crippen LogP contribution in [0.5, 0.6) is 5.75 Å². The molecule has 0 saturated heterocycles. The maximum atomic E-state index is 12.2. The average Bonchev–Trinajstić information content (AvgIpc) is 2.88. The number of hydrogen-bond donors (Lipinski definition) is 2. The highest BCUT2D eigenvalue weighted by Crippen LogP contribution is 2.39. The summed E-state index contributed by atoms with van der Waals surface area (Å²) in [7, 11) is 1.59. The quantitative estimate of drug-likeness (QED) is 0.764. The van der Waals surface area contributed by atoms with Gasteiger partial charge >= 0.3 is 5.97 Å². The van der Waals surface area contributed by atoms with Gasteiger partial charge < -0.3 is 15.2 Å². The van der Waals surface area contributed by atoms with E-state index in [9.17, 15) is 14.9 Å². The van der Waals surface area contributed by atoms with E-state index in [-0.39, 0.29) is 24.7 Å². The second kappa shape index (κ2) is 8.50. The van der Waals surface area contributed by atoms with E-state index in [1.165, 1.54) is 11.3 Å². The van der Waals surface area contributed by atoms with Crippen LogP contribution in [0.15, 0.2) is 24.3 Å². The van der Waals surface area contributed by atoms with Gasteiger partial charge in [0.15, 0.2) is 0 Å². The molecule has 0 aliphatic rings. The predicted molar refractivity (Wildman–Crippen MR) is 100 cm³/mol. The van der Waals surface area contributed by atoms with Crippen LogP contribution < -0.4 is 10.1 Å². The SMILES string of the molecule is COc1ccc(-c2c(C)sc(NC(=O)C[C@H](C)CC(=O)O)c2C#N)cc1. The van der Waals surface area contributed by atoms with Gasteiger partial charge in [-0.3, -0.25) is 9.59 Å². The van der Waals surface area contributed by atoms with Crippen LogP contribution in [0.1, 0.15) is 30.2 Å². The molecule has 2 N–H and O–H groups in total. The van der Waals surface area contributed by atoms with Gasteiger partial charge in [0.1, 0.15) is 16.8 Å². The number of carbonyl (C=O) groups is 2. The molecule has 1 heterocycles. The number of aryl methyl sites for hydroxylation is 1. The first-order chi connectivity index (χ1) is 12.3. The van der Waals surface area contributed by atoms with Crippen molar-refractivity contribution in [3.05, 3.63) is 34.7 Å². The zero-order valence-corrected chi connectivity index (χ0v) is 15.6. The first-order valence-electron chi connectivity index (χ1n) is 8.05. The molecule has 0 fully saturated rings. The second-order valence-electron chi connectivity index (χ2n) is 6.03. The van der Waals surface area contributed by atoms with E-state index in [4.69, 9.17) is 9.84 Å². The number of carboxylic acids is 1. The van der Waals surface area contributed by atoms with Crippen molar-refractivity contribution in [2.75, 3.05) is 12.4 Å². The van der Waals surface area contributed by atoms with Gasteiger partial charge in [-0.25, -0.2) is 0 Å². The molecule has 0 bridgehead atoms. The summed E-state index contributed by atoms with van der Waals surface area (Å²) >= 11 is 1.34. The van der Waals surface area contributed by atoms with E-state index in [0.29, 0.717) is 10.6 Å². The van der Waals surface area contributed by atoms with Crippen molar-refractivity contribution >= 4 is 28.2 Å². The molecule has 0 aliphatic heterocycles. The molecule has 6 nitrogen and oxygen atoms in total. The van der Waals surface area contributed by atoms with Gasteiger partial charge in [0.2, 0.25) is 5.91 Å². The number of hydrogen-bond acceptors (Lipinski definition) is 5. The lowest BCUT2D eigenvalue weighted by molar-refractivity contribution is -0.138. The maximum absolute atomic E-state index is 12.2. The van der Waals surface area contributed by atoms with Crippen LogP contribution in [0, 0.1) is 24.2 Å². The Morgan fingerprint density at radius 2 is 1.96 bits per heavy atom. The molecular formula is C19H20N2O4S. The number of carbonyl (C=O) groups excluding carboxylic acids is 1. The number of methoxy groups -OCH3 is 1. The van der Waals surface area contributed by atoms with Crippen LogP contribution in [-0.4, -0.2) is 24.1 Å². The van der Waals surface area contributed by atoms with E-state index in [0.717, 1.165) is 21.8 Å². The lowest BCUT2D eigenvalue weighted by atomic mass is 10.0. The van der Waals surface area contributed by atoms with Crippen molar-refractivity contribution < 1.29 is 19.4 Å². The summed E-state index contributed by atoms with van der Waals surface area (Å²) in [5, 5.41) is 21.6. The predicted octanol–water partition coefficient (Wildman–Crippen LogP) is 4.04. The van der Waals surface area contributed by atoms with Crippen LogP contribution in [0.4, 0.5) is 5.00 Å². The largest absolute Gasteiger partial charge is 0.497 e. The second-order valence-corrected chi connectivity index (χ2v) is 7.26. The van der Waals surface area contributed by atoms with Crippen LogP contribution >= 0.6 is 11.3 Å². The van der Waals surface area contributed by atoms with Gasteiger partial charge in [0, 0.05) is 23.3 Å². The molecule has 0 radical (unpaired) electrons. The number of thiophene rings is 1. The number of carboxylic acid groups (broad SMARTS) is 1. The highest BCUT2D eigenvalue weighted by molar-refractivity contribution is 7.17. The molecule has 2 aromatic rings. The van der Waals surface area contributed by atoms with E-state index in [2.05, 4.69) is 11.4 Å². The monoisotopic (exact) mass is 372 g/mol. The molecule has 1 aromatic carbocycles. The number of anilines is 1. The Morgan fingerprint density at radius 3 is 2.50 bits per heavy atom. The van der Waals surface area contributed by atoms with Crippen molar-refractivity contribution in [3.63, 3.8) is 0 Å². The summed E-state index contributed by atoms with van der Waals surface area (Å²) < 4.78 is 5.15. The third-order valence-corrected chi connectivity index (χ3v) is 4.91. The van der Waals surface area contributed by atoms with Gasteiger partial charge in [-0.2, -0.15) is 5.26 Å². The molecule has 26 heavy (non-hydrogen) atoms. The summed E-state index contributed by atoms with van der Waals surface area (Å²) in [6.45, 7) is 3.61. The van der Waals surface area contributed by atoms with Gasteiger partial charge in [-0.1, -0.05) is 19.1 Å². The molecule has 2 rings (SSSR count). The normalized spacial score (nSPS) is 11.5. The number of ether oxygens (including phenoxy) is 1. The molecule has 1 aromatic heterocycles. The number of aliphatic carboxylic acids is 1. The molecule has 0 unspecified atom stereocenters. The van der Waals surface area contributed by atoms with Gasteiger partial charge in [0.25, 0.3) is 0 Å². The minimum Gasteiger partial charge on any atom is -0.497 e. The van der Waals surface area contributed by atoms with E-state index in [1.54, 1.807) is 14.0 Å². The number of nitriles is 1. The Labute approximate surface area is 156 Å². The average molecular weight is 372 g/mol. The number of rotatable bonds is 7. The van der Waals surface area contributed by atoms with Gasteiger partial charge in [-0.05, 0) is 30.5 Å². The number of nitrogens with one attached hydrogen (secondary N) is 1. The van der Waals surface area contributed by atoms with Gasteiger partial charge in [-0.15, -0.1) is 11.3 Å².